The quantitative estimate of drug-likeness (QED) is 0.270. The van der Waals surface area contributed by atoms with E-state index in [9.17, 15) is 14.2 Å². The predicted octanol–water partition coefficient (Wildman–Crippen LogP) is 2.74. The second-order valence-electron chi connectivity index (χ2n) is 4.49. The number of ether oxygens (including phenoxy) is 2. The highest BCUT2D eigenvalue weighted by Gasteiger charge is 2.40. The van der Waals surface area contributed by atoms with Gasteiger partial charge in [0.25, 0.3) is 0 Å². The van der Waals surface area contributed by atoms with Crippen LogP contribution in [0.1, 0.15) is 33.6 Å². The van der Waals surface area contributed by atoms with Gasteiger partial charge in [-0.15, -0.1) is 0 Å². The molecule has 7 nitrogen and oxygen atoms in total. The van der Waals surface area contributed by atoms with Gasteiger partial charge in [0.1, 0.15) is 12.3 Å². The van der Waals surface area contributed by atoms with Crippen LogP contribution in [-0.2, 0) is 32.7 Å². The van der Waals surface area contributed by atoms with Crippen LogP contribution >= 0.6 is 7.60 Å². The number of ketones is 1. The number of carbonyl (C=O) groups is 2. The lowest BCUT2D eigenvalue weighted by atomic mass is 10.1. The molecule has 0 aromatic carbocycles. The highest BCUT2D eigenvalue weighted by atomic mass is 31.2. The van der Waals surface area contributed by atoms with E-state index in [1.165, 1.54) is 6.08 Å². The molecule has 0 aliphatic rings. The molecule has 0 heterocycles. The molecule has 0 N–H and O–H groups in total. The molecule has 23 heavy (non-hydrogen) atoms. The SMILES string of the molecule is C=CCOC(=O)CCC(=O)C(COCC)P(=O)(OCC)OCC. The van der Waals surface area contributed by atoms with Crippen molar-refractivity contribution in [2.75, 3.05) is 33.0 Å². The van der Waals surface area contributed by atoms with E-state index in [1.807, 2.05) is 0 Å². The number of carbonyl (C=O) groups excluding carboxylic acids is 2. The molecule has 0 radical (unpaired) electrons. The summed E-state index contributed by atoms with van der Waals surface area (Å²) in [6, 6.07) is 0. The Labute approximate surface area is 137 Å². The molecule has 8 heteroatoms. The Hall–Kier alpha value is -1.01. The summed E-state index contributed by atoms with van der Waals surface area (Å²) in [7, 11) is -3.64. The molecule has 1 atom stereocenters. The van der Waals surface area contributed by atoms with Crippen molar-refractivity contribution in [3.05, 3.63) is 12.7 Å². The second kappa shape index (κ2) is 12.4. The van der Waals surface area contributed by atoms with Crippen LogP contribution in [0.25, 0.3) is 0 Å². The van der Waals surface area contributed by atoms with E-state index in [2.05, 4.69) is 6.58 Å². The van der Waals surface area contributed by atoms with Gasteiger partial charge in [0.2, 0.25) is 0 Å². The van der Waals surface area contributed by atoms with E-state index in [1.54, 1.807) is 20.8 Å². The van der Waals surface area contributed by atoms with Crippen LogP contribution in [0.3, 0.4) is 0 Å². The maximum Gasteiger partial charge on any atom is 0.343 e. The van der Waals surface area contributed by atoms with Gasteiger partial charge in [-0.05, 0) is 20.8 Å². The van der Waals surface area contributed by atoms with E-state index in [4.69, 9.17) is 18.5 Å². The molecule has 0 fully saturated rings. The first-order valence-corrected chi connectivity index (χ1v) is 9.32. The molecule has 0 amide bonds. The fourth-order valence-electron chi connectivity index (χ4n) is 1.78. The molecule has 134 valence electrons. The number of esters is 1. The van der Waals surface area contributed by atoms with Gasteiger partial charge in [-0.25, -0.2) is 0 Å². The summed E-state index contributed by atoms with van der Waals surface area (Å²) in [6.45, 7) is 9.20. The van der Waals surface area contributed by atoms with E-state index in [-0.39, 0.29) is 39.3 Å². The first-order chi connectivity index (χ1) is 10.9. The summed E-state index contributed by atoms with van der Waals surface area (Å²) >= 11 is 0. The van der Waals surface area contributed by atoms with Gasteiger partial charge in [-0.1, -0.05) is 12.7 Å². The van der Waals surface area contributed by atoms with Crippen LogP contribution in [0.15, 0.2) is 12.7 Å². The molecule has 0 aliphatic carbocycles. The van der Waals surface area contributed by atoms with Crippen molar-refractivity contribution in [2.45, 2.75) is 39.3 Å². The van der Waals surface area contributed by atoms with Crippen LogP contribution in [0, 0.1) is 0 Å². The average Bonchev–Trinajstić information content (AvgIpc) is 2.51. The van der Waals surface area contributed by atoms with E-state index < -0.39 is 25.0 Å². The van der Waals surface area contributed by atoms with Crippen LogP contribution in [0.4, 0.5) is 0 Å². The number of Topliss-reactive ketones (excluding diaryl/α,β-unsaturated/α-hetero) is 1. The Morgan fingerprint density at radius 3 is 2.17 bits per heavy atom. The summed E-state index contributed by atoms with van der Waals surface area (Å²) in [5.41, 5.74) is -1.05. The van der Waals surface area contributed by atoms with E-state index >= 15 is 0 Å². The molecular weight excluding hydrogens is 323 g/mol. The molecular formula is C15H27O7P. The van der Waals surface area contributed by atoms with Gasteiger partial charge in [0.05, 0.1) is 26.2 Å². The van der Waals surface area contributed by atoms with E-state index in [0.717, 1.165) is 0 Å². The lowest BCUT2D eigenvalue weighted by Crippen LogP contribution is -2.29. The molecule has 0 rings (SSSR count). The fraction of sp³-hybridized carbons (Fsp3) is 0.733. The minimum atomic E-state index is -3.64. The lowest BCUT2D eigenvalue weighted by Gasteiger charge is -2.25. The Kier molecular flexibility index (Phi) is 11.9. The molecule has 0 aromatic rings. The summed E-state index contributed by atoms with van der Waals surface area (Å²) in [5.74, 6) is -0.921. The fourth-order valence-corrected chi connectivity index (χ4v) is 3.71. The predicted molar refractivity (Wildman–Crippen MR) is 86.5 cm³/mol. The Morgan fingerprint density at radius 1 is 1.09 bits per heavy atom. The summed E-state index contributed by atoms with van der Waals surface area (Å²) in [5, 5.41) is 0. The average molecular weight is 350 g/mol. The second-order valence-corrected chi connectivity index (χ2v) is 6.71. The Balaban J connectivity index is 4.91. The first kappa shape index (κ1) is 22.0. The molecule has 0 saturated heterocycles. The van der Waals surface area contributed by atoms with Crippen molar-refractivity contribution >= 4 is 19.3 Å². The number of hydrogen-bond acceptors (Lipinski definition) is 7. The smallest absolute Gasteiger partial charge is 0.343 e. The van der Waals surface area contributed by atoms with Crippen LogP contribution in [0.5, 0.6) is 0 Å². The zero-order valence-corrected chi connectivity index (χ0v) is 15.0. The minimum Gasteiger partial charge on any atom is -0.461 e. The van der Waals surface area contributed by atoms with Gasteiger partial charge in [0, 0.05) is 13.0 Å². The van der Waals surface area contributed by atoms with Gasteiger partial charge < -0.3 is 18.5 Å². The standard InChI is InChI=1S/C15H27O7P/c1-5-11-20-15(17)10-9-13(16)14(12-19-6-2)23(18,21-7-3)22-8-4/h5,14H,1,6-12H2,2-4H3. The topological polar surface area (TPSA) is 88.1 Å². The summed E-state index contributed by atoms with van der Waals surface area (Å²) < 4.78 is 33.3. The zero-order chi connectivity index (χ0) is 17.7. The Morgan fingerprint density at radius 2 is 1.70 bits per heavy atom. The number of rotatable bonds is 14. The maximum atomic E-state index is 12.8. The molecule has 1 unspecified atom stereocenters. The van der Waals surface area contributed by atoms with Crippen LogP contribution < -0.4 is 0 Å². The molecule has 0 saturated carbocycles. The monoisotopic (exact) mass is 350 g/mol. The highest BCUT2D eigenvalue weighted by Crippen LogP contribution is 2.53. The third-order valence-corrected chi connectivity index (χ3v) is 5.23. The van der Waals surface area contributed by atoms with Gasteiger partial charge in [0.15, 0.2) is 5.78 Å². The van der Waals surface area contributed by atoms with Gasteiger partial charge in [-0.2, -0.15) is 0 Å². The third-order valence-electron chi connectivity index (χ3n) is 2.79. The first-order valence-electron chi connectivity index (χ1n) is 7.70. The Bertz CT molecular complexity index is 412. The lowest BCUT2D eigenvalue weighted by molar-refractivity contribution is -0.143. The minimum absolute atomic E-state index is 0.0751. The summed E-state index contributed by atoms with van der Waals surface area (Å²) in [6.07, 6.45) is 1.22. The normalized spacial score (nSPS) is 12.7. The molecule has 0 aliphatic heterocycles. The van der Waals surface area contributed by atoms with Crippen molar-refractivity contribution in [3.8, 4) is 0 Å². The van der Waals surface area contributed by atoms with Crippen LogP contribution in [-0.4, -0.2) is 50.4 Å². The van der Waals surface area contributed by atoms with Crippen molar-refractivity contribution in [1.29, 1.82) is 0 Å². The van der Waals surface area contributed by atoms with Crippen molar-refractivity contribution in [3.63, 3.8) is 0 Å². The van der Waals surface area contributed by atoms with Crippen LogP contribution in [0.2, 0.25) is 0 Å². The molecule has 0 bridgehead atoms. The molecule has 0 spiro atoms. The third kappa shape index (κ3) is 8.42. The van der Waals surface area contributed by atoms with E-state index in [0.29, 0.717) is 6.61 Å². The van der Waals surface area contributed by atoms with Crippen molar-refractivity contribution in [1.82, 2.24) is 0 Å². The summed E-state index contributed by atoms with van der Waals surface area (Å²) in [4.78, 5) is 23.8. The van der Waals surface area contributed by atoms with Gasteiger partial charge in [-0.3, -0.25) is 14.2 Å². The maximum absolute atomic E-state index is 12.8. The van der Waals surface area contributed by atoms with Crippen molar-refractivity contribution < 1.29 is 32.7 Å². The highest BCUT2D eigenvalue weighted by molar-refractivity contribution is 7.55. The zero-order valence-electron chi connectivity index (χ0n) is 14.1. The number of hydrogen-bond donors (Lipinski definition) is 0. The van der Waals surface area contributed by atoms with Crippen molar-refractivity contribution in [2.24, 2.45) is 0 Å². The van der Waals surface area contributed by atoms with Gasteiger partial charge >= 0.3 is 13.6 Å². The molecule has 0 aromatic heterocycles. The largest absolute Gasteiger partial charge is 0.461 e.